The van der Waals surface area contributed by atoms with Crippen molar-refractivity contribution in [3.8, 4) is 11.5 Å². The van der Waals surface area contributed by atoms with Crippen LogP contribution in [0.3, 0.4) is 0 Å². The Morgan fingerprint density at radius 1 is 0.926 bits per heavy atom. The van der Waals surface area contributed by atoms with Gasteiger partial charge in [-0.15, -0.1) is 0 Å². The van der Waals surface area contributed by atoms with E-state index in [1.54, 1.807) is 18.2 Å². The number of rotatable bonds is 5. The zero-order chi connectivity index (χ0) is 19.2. The van der Waals surface area contributed by atoms with E-state index in [0.717, 1.165) is 11.4 Å². The molecule has 3 aromatic rings. The van der Waals surface area contributed by atoms with Crippen LogP contribution in [-0.2, 0) is 4.79 Å². The number of esters is 2. The van der Waals surface area contributed by atoms with Crippen LogP contribution in [0.4, 0.5) is 11.5 Å². The van der Waals surface area contributed by atoms with E-state index in [9.17, 15) is 9.59 Å². The van der Waals surface area contributed by atoms with E-state index in [-0.39, 0.29) is 0 Å². The van der Waals surface area contributed by atoms with E-state index >= 15 is 0 Å². The molecule has 7 heteroatoms. The molecule has 0 aliphatic rings. The molecule has 0 unspecified atom stereocenters. The number of ether oxygens (including phenoxy) is 2. The Labute approximate surface area is 156 Å². The molecule has 3 rings (SSSR count). The van der Waals surface area contributed by atoms with E-state index in [2.05, 4.69) is 15.3 Å². The summed E-state index contributed by atoms with van der Waals surface area (Å²) in [6, 6.07) is 14.9. The van der Waals surface area contributed by atoms with E-state index in [1.807, 2.05) is 19.1 Å². The average Bonchev–Trinajstić information content (AvgIpc) is 2.62. The largest absolute Gasteiger partial charge is 0.427 e. The van der Waals surface area contributed by atoms with E-state index in [4.69, 9.17) is 9.47 Å². The van der Waals surface area contributed by atoms with Crippen LogP contribution in [0.25, 0.3) is 0 Å². The Bertz CT molecular complexity index is 971. The summed E-state index contributed by atoms with van der Waals surface area (Å²) in [6.45, 7) is 3.18. The maximum Gasteiger partial charge on any atom is 0.343 e. The molecule has 0 aliphatic carbocycles. The first-order valence-corrected chi connectivity index (χ1v) is 8.16. The highest BCUT2D eigenvalue weighted by atomic mass is 16.5. The van der Waals surface area contributed by atoms with Crippen molar-refractivity contribution in [1.29, 1.82) is 0 Å². The molecular weight excluding hydrogens is 346 g/mol. The molecule has 0 atom stereocenters. The Morgan fingerprint density at radius 2 is 1.70 bits per heavy atom. The second kappa shape index (κ2) is 8.09. The van der Waals surface area contributed by atoms with Gasteiger partial charge in [-0.05, 0) is 43.3 Å². The molecule has 1 heterocycles. The summed E-state index contributed by atoms with van der Waals surface area (Å²) in [6.07, 6.45) is 1.47. The molecule has 7 nitrogen and oxygen atoms in total. The standard InChI is InChI=1S/C20H17N3O4/c1-13-10-19(22-12-21-13)23-16-4-3-5-18(11-16)27-20(25)15-6-8-17(9-7-15)26-14(2)24/h3-12H,1-2H3,(H,21,22,23). The van der Waals surface area contributed by atoms with Crippen molar-refractivity contribution < 1.29 is 19.1 Å². The molecule has 2 aromatic carbocycles. The van der Waals surface area contributed by atoms with Crippen molar-refractivity contribution in [2.45, 2.75) is 13.8 Å². The molecular formula is C20H17N3O4. The topological polar surface area (TPSA) is 90.4 Å². The Morgan fingerprint density at radius 3 is 2.41 bits per heavy atom. The highest BCUT2D eigenvalue weighted by Crippen LogP contribution is 2.22. The molecule has 27 heavy (non-hydrogen) atoms. The van der Waals surface area contributed by atoms with Gasteiger partial charge in [0.25, 0.3) is 0 Å². The van der Waals surface area contributed by atoms with Crippen LogP contribution in [0.5, 0.6) is 11.5 Å². The van der Waals surface area contributed by atoms with Crippen LogP contribution in [0.15, 0.2) is 60.9 Å². The van der Waals surface area contributed by atoms with Crippen molar-refractivity contribution in [2.24, 2.45) is 0 Å². The summed E-state index contributed by atoms with van der Waals surface area (Å²) in [5.41, 5.74) is 1.91. The summed E-state index contributed by atoms with van der Waals surface area (Å²) in [5.74, 6) is 0.463. The lowest BCUT2D eigenvalue weighted by atomic mass is 10.2. The Balaban J connectivity index is 1.68. The number of benzene rings is 2. The number of aryl methyl sites for hydroxylation is 1. The average molecular weight is 363 g/mol. The van der Waals surface area contributed by atoms with E-state index in [0.29, 0.717) is 22.9 Å². The minimum absolute atomic E-state index is 0.343. The van der Waals surface area contributed by atoms with Gasteiger partial charge in [-0.1, -0.05) is 6.07 Å². The summed E-state index contributed by atoms with van der Waals surface area (Å²) in [5, 5.41) is 3.13. The zero-order valence-electron chi connectivity index (χ0n) is 14.8. The summed E-state index contributed by atoms with van der Waals surface area (Å²) >= 11 is 0. The molecule has 0 saturated carbocycles. The van der Waals surface area contributed by atoms with Gasteiger partial charge >= 0.3 is 11.9 Å². The molecule has 0 fully saturated rings. The van der Waals surface area contributed by atoms with Gasteiger partial charge in [0.1, 0.15) is 23.6 Å². The van der Waals surface area contributed by atoms with Gasteiger partial charge in [0.2, 0.25) is 0 Å². The van der Waals surface area contributed by atoms with Crippen LogP contribution in [0, 0.1) is 6.92 Å². The first-order valence-electron chi connectivity index (χ1n) is 8.16. The molecule has 1 aromatic heterocycles. The lowest BCUT2D eigenvalue weighted by Gasteiger charge is -2.09. The second-order valence-corrected chi connectivity index (χ2v) is 5.71. The smallest absolute Gasteiger partial charge is 0.343 e. The van der Waals surface area contributed by atoms with Crippen LogP contribution in [0.2, 0.25) is 0 Å². The predicted octanol–water partition coefficient (Wildman–Crippen LogP) is 3.67. The van der Waals surface area contributed by atoms with E-state index < -0.39 is 11.9 Å². The number of hydrogen-bond acceptors (Lipinski definition) is 7. The first kappa shape index (κ1) is 18.1. The molecule has 1 N–H and O–H groups in total. The van der Waals surface area contributed by atoms with Gasteiger partial charge in [0, 0.05) is 30.4 Å². The van der Waals surface area contributed by atoms with Crippen LogP contribution in [0.1, 0.15) is 23.0 Å². The fraction of sp³-hybridized carbons (Fsp3) is 0.100. The Kier molecular flexibility index (Phi) is 5.41. The van der Waals surface area contributed by atoms with Crippen LogP contribution >= 0.6 is 0 Å². The lowest BCUT2D eigenvalue weighted by Crippen LogP contribution is -2.09. The van der Waals surface area contributed by atoms with Crippen molar-refractivity contribution in [3.05, 3.63) is 72.2 Å². The van der Waals surface area contributed by atoms with Crippen molar-refractivity contribution >= 4 is 23.4 Å². The molecule has 136 valence electrons. The molecule has 0 amide bonds. The maximum absolute atomic E-state index is 12.3. The fourth-order valence-electron chi connectivity index (χ4n) is 2.30. The number of carbonyl (C=O) groups is 2. The normalized spacial score (nSPS) is 10.1. The van der Waals surface area contributed by atoms with Gasteiger partial charge in [-0.3, -0.25) is 4.79 Å². The predicted molar refractivity (Wildman–Crippen MR) is 99.2 cm³/mol. The fourth-order valence-corrected chi connectivity index (χ4v) is 2.30. The number of hydrogen-bond donors (Lipinski definition) is 1. The number of anilines is 2. The molecule has 0 bridgehead atoms. The highest BCUT2D eigenvalue weighted by molar-refractivity contribution is 5.91. The third-order valence-corrected chi connectivity index (χ3v) is 3.47. The van der Waals surface area contributed by atoms with Crippen molar-refractivity contribution in [2.75, 3.05) is 5.32 Å². The van der Waals surface area contributed by atoms with Crippen LogP contribution < -0.4 is 14.8 Å². The Hall–Kier alpha value is -3.74. The van der Waals surface area contributed by atoms with Gasteiger partial charge in [-0.25, -0.2) is 14.8 Å². The quantitative estimate of drug-likeness (QED) is 0.546. The summed E-state index contributed by atoms with van der Waals surface area (Å²) in [7, 11) is 0. The van der Waals surface area contributed by atoms with Gasteiger partial charge in [0.15, 0.2) is 0 Å². The number of nitrogens with one attached hydrogen (secondary N) is 1. The molecule has 0 radical (unpaired) electrons. The monoisotopic (exact) mass is 363 g/mol. The second-order valence-electron chi connectivity index (χ2n) is 5.71. The van der Waals surface area contributed by atoms with E-state index in [1.165, 1.54) is 37.5 Å². The van der Waals surface area contributed by atoms with Gasteiger partial charge in [0.05, 0.1) is 5.56 Å². The SMILES string of the molecule is CC(=O)Oc1ccc(C(=O)Oc2cccc(Nc3cc(C)ncn3)c2)cc1. The number of carbonyl (C=O) groups excluding carboxylic acids is 2. The van der Waals surface area contributed by atoms with Gasteiger partial charge < -0.3 is 14.8 Å². The minimum Gasteiger partial charge on any atom is -0.427 e. The summed E-state index contributed by atoms with van der Waals surface area (Å²) in [4.78, 5) is 31.4. The first-order chi connectivity index (χ1) is 13.0. The van der Waals surface area contributed by atoms with Crippen molar-refractivity contribution in [1.82, 2.24) is 9.97 Å². The highest BCUT2D eigenvalue weighted by Gasteiger charge is 2.10. The van der Waals surface area contributed by atoms with Gasteiger partial charge in [-0.2, -0.15) is 0 Å². The molecule has 0 aliphatic heterocycles. The maximum atomic E-state index is 12.3. The lowest BCUT2D eigenvalue weighted by molar-refractivity contribution is -0.131. The third-order valence-electron chi connectivity index (χ3n) is 3.47. The number of aromatic nitrogens is 2. The zero-order valence-corrected chi connectivity index (χ0v) is 14.8. The number of nitrogens with zero attached hydrogens (tertiary/aromatic N) is 2. The summed E-state index contributed by atoms with van der Waals surface area (Å²) < 4.78 is 10.3. The molecule has 0 spiro atoms. The van der Waals surface area contributed by atoms with Crippen molar-refractivity contribution in [3.63, 3.8) is 0 Å². The molecule has 0 saturated heterocycles. The third kappa shape index (κ3) is 5.12. The minimum atomic E-state index is -0.514. The van der Waals surface area contributed by atoms with Crippen LogP contribution in [-0.4, -0.2) is 21.9 Å².